The molecular formula is C15H10ClFN2O2. The van der Waals surface area contributed by atoms with Crippen molar-refractivity contribution in [1.82, 2.24) is 4.57 Å². The third-order valence-electron chi connectivity index (χ3n) is 3.32. The molecule has 1 aromatic heterocycles. The van der Waals surface area contributed by atoms with Crippen molar-refractivity contribution in [2.45, 2.75) is 6.54 Å². The molecule has 0 spiro atoms. The van der Waals surface area contributed by atoms with E-state index in [9.17, 15) is 14.5 Å². The fourth-order valence-electron chi connectivity index (χ4n) is 2.34. The SMILES string of the molecule is O=[N+]([O-])c1cccc2c1ccn2Cc1ccc(Cl)c(F)c1. The monoisotopic (exact) mass is 304 g/mol. The van der Waals surface area contributed by atoms with Crippen LogP contribution >= 0.6 is 11.6 Å². The van der Waals surface area contributed by atoms with E-state index < -0.39 is 10.7 Å². The molecule has 0 radical (unpaired) electrons. The predicted octanol–water partition coefficient (Wildman–Crippen LogP) is 4.39. The molecule has 0 saturated heterocycles. The second kappa shape index (κ2) is 5.18. The molecule has 0 aliphatic rings. The lowest BCUT2D eigenvalue weighted by Gasteiger charge is -2.06. The summed E-state index contributed by atoms with van der Waals surface area (Å²) < 4.78 is 15.3. The van der Waals surface area contributed by atoms with Crippen LogP contribution in [0.25, 0.3) is 10.9 Å². The summed E-state index contributed by atoms with van der Waals surface area (Å²) in [5, 5.41) is 11.6. The maximum atomic E-state index is 13.5. The van der Waals surface area contributed by atoms with Crippen LogP contribution in [-0.4, -0.2) is 9.49 Å². The van der Waals surface area contributed by atoms with Crippen LogP contribution < -0.4 is 0 Å². The van der Waals surface area contributed by atoms with Gasteiger partial charge in [-0.25, -0.2) is 4.39 Å². The molecule has 6 heteroatoms. The first-order valence-electron chi connectivity index (χ1n) is 6.22. The molecular weight excluding hydrogens is 295 g/mol. The minimum atomic E-state index is -0.475. The van der Waals surface area contributed by atoms with E-state index >= 15 is 0 Å². The van der Waals surface area contributed by atoms with Crippen molar-refractivity contribution in [1.29, 1.82) is 0 Å². The highest BCUT2D eigenvalue weighted by molar-refractivity contribution is 6.30. The van der Waals surface area contributed by atoms with Gasteiger partial charge in [-0.15, -0.1) is 0 Å². The summed E-state index contributed by atoms with van der Waals surface area (Å²) in [5.41, 5.74) is 1.54. The Balaban J connectivity index is 2.03. The lowest BCUT2D eigenvalue weighted by atomic mass is 10.2. The fraction of sp³-hybridized carbons (Fsp3) is 0.0667. The van der Waals surface area contributed by atoms with Gasteiger partial charge in [0.05, 0.1) is 20.8 Å². The van der Waals surface area contributed by atoms with Gasteiger partial charge in [0.25, 0.3) is 5.69 Å². The molecule has 0 bridgehead atoms. The number of fused-ring (bicyclic) bond motifs is 1. The molecule has 0 saturated carbocycles. The summed E-state index contributed by atoms with van der Waals surface area (Å²) in [6.07, 6.45) is 1.75. The quantitative estimate of drug-likeness (QED) is 0.532. The number of halogens is 2. The van der Waals surface area contributed by atoms with Crippen LogP contribution in [0.15, 0.2) is 48.7 Å². The van der Waals surface area contributed by atoms with Crippen LogP contribution in [0.1, 0.15) is 5.56 Å². The standard InChI is InChI=1S/C15H10ClFN2O2/c16-12-5-4-10(8-13(12)17)9-18-7-6-11-14(18)2-1-3-15(11)19(20)21/h1-8H,9H2. The summed E-state index contributed by atoms with van der Waals surface area (Å²) in [6.45, 7) is 0.415. The van der Waals surface area contributed by atoms with Crippen molar-refractivity contribution in [2.24, 2.45) is 0 Å². The Labute approximate surface area is 124 Å². The van der Waals surface area contributed by atoms with E-state index in [1.807, 2.05) is 4.57 Å². The molecule has 0 fully saturated rings. The van der Waals surface area contributed by atoms with Crippen LogP contribution in [0.2, 0.25) is 5.02 Å². The second-order valence-corrected chi connectivity index (χ2v) is 5.07. The number of non-ortho nitro benzene ring substituents is 1. The van der Waals surface area contributed by atoms with E-state index in [2.05, 4.69) is 0 Å². The lowest BCUT2D eigenvalue weighted by Crippen LogP contribution is -1.98. The summed E-state index contributed by atoms with van der Waals surface area (Å²) in [7, 11) is 0. The highest BCUT2D eigenvalue weighted by Crippen LogP contribution is 2.27. The van der Waals surface area contributed by atoms with Gasteiger partial charge in [-0.2, -0.15) is 0 Å². The van der Waals surface area contributed by atoms with Crippen molar-refractivity contribution in [2.75, 3.05) is 0 Å². The molecule has 4 nitrogen and oxygen atoms in total. The number of nitrogens with zero attached hydrogens (tertiary/aromatic N) is 2. The van der Waals surface area contributed by atoms with Gasteiger partial charge in [0, 0.05) is 18.8 Å². The van der Waals surface area contributed by atoms with Crippen LogP contribution in [0.5, 0.6) is 0 Å². The second-order valence-electron chi connectivity index (χ2n) is 4.66. The number of rotatable bonds is 3. The molecule has 0 N–H and O–H groups in total. The predicted molar refractivity (Wildman–Crippen MR) is 79.1 cm³/mol. The molecule has 1 heterocycles. The molecule has 2 aromatic carbocycles. The first-order chi connectivity index (χ1) is 10.1. The number of hydrogen-bond donors (Lipinski definition) is 0. The number of benzene rings is 2. The van der Waals surface area contributed by atoms with Crippen molar-refractivity contribution in [3.8, 4) is 0 Å². The highest BCUT2D eigenvalue weighted by atomic mass is 35.5. The average molecular weight is 305 g/mol. The minimum Gasteiger partial charge on any atom is -0.343 e. The molecule has 0 atom stereocenters. The van der Waals surface area contributed by atoms with Gasteiger partial charge in [-0.05, 0) is 29.8 Å². The Morgan fingerprint density at radius 1 is 1.24 bits per heavy atom. The average Bonchev–Trinajstić information content (AvgIpc) is 2.86. The van der Waals surface area contributed by atoms with Crippen LogP contribution in [0, 0.1) is 15.9 Å². The van der Waals surface area contributed by atoms with Gasteiger partial charge >= 0.3 is 0 Å². The zero-order valence-corrected chi connectivity index (χ0v) is 11.5. The molecule has 21 heavy (non-hydrogen) atoms. The summed E-state index contributed by atoms with van der Waals surface area (Å²) in [6, 6.07) is 11.2. The Bertz CT molecular complexity index is 845. The molecule has 3 aromatic rings. The summed E-state index contributed by atoms with van der Waals surface area (Å²) >= 11 is 5.66. The Morgan fingerprint density at radius 2 is 2.05 bits per heavy atom. The van der Waals surface area contributed by atoms with Crippen molar-refractivity contribution in [3.63, 3.8) is 0 Å². The molecule has 3 rings (SSSR count). The smallest absolute Gasteiger partial charge is 0.278 e. The largest absolute Gasteiger partial charge is 0.343 e. The summed E-state index contributed by atoms with van der Waals surface area (Å²) in [4.78, 5) is 10.6. The van der Waals surface area contributed by atoms with E-state index in [0.717, 1.165) is 11.1 Å². The van der Waals surface area contributed by atoms with Gasteiger partial charge in [-0.3, -0.25) is 10.1 Å². The third kappa shape index (κ3) is 2.48. The van der Waals surface area contributed by atoms with Crippen molar-refractivity contribution >= 4 is 28.2 Å². The van der Waals surface area contributed by atoms with E-state index in [1.165, 1.54) is 18.2 Å². The molecule has 0 aliphatic carbocycles. The maximum Gasteiger partial charge on any atom is 0.278 e. The molecule has 0 unspecified atom stereocenters. The zero-order chi connectivity index (χ0) is 15.0. The minimum absolute atomic E-state index is 0.0635. The van der Waals surface area contributed by atoms with Gasteiger partial charge in [-0.1, -0.05) is 23.7 Å². The molecule has 106 valence electrons. The van der Waals surface area contributed by atoms with Crippen molar-refractivity contribution < 1.29 is 9.31 Å². The van der Waals surface area contributed by atoms with Gasteiger partial charge in [0.2, 0.25) is 0 Å². The highest BCUT2D eigenvalue weighted by Gasteiger charge is 2.14. The Kier molecular flexibility index (Phi) is 3.35. The third-order valence-corrected chi connectivity index (χ3v) is 3.63. The van der Waals surface area contributed by atoms with Gasteiger partial charge < -0.3 is 4.57 Å². The lowest BCUT2D eigenvalue weighted by molar-refractivity contribution is -0.383. The topological polar surface area (TPSA) is 48.1 Å². The molecule has 0 aliphatic heterocycles. The van der Waals surface area contributed by atoms with E-state index in [1.54, 1.807) is 30.5 Å². The van der Waals surface area contributed by atoms with Crippen molar-refractivity contribution in [3.05, 3.63) is 75.2 Å². The van der Waals surface area contributed by atoms with Gasteiger partial charge in [0.15, 0.2) is 0 Å². The Morgan fingerprint density at radius 3 is 2.76 bits per heavy atom. The number of hydrogen-bond acceptors (Lipinski definition) is 2. The normalized spacial score (nSPS) is 11.0. The fourth-order valence-corrected chi connectivity index (χ4v) is 2.46. The number of aromatic nitrogens is 1. The van der Waals surface area contributed by atoms with Crippen LogP contribution in [-0.2, 0) is 6.54 Å². The van der Waals surface area contributed by atoms with E-state index in [-0.39, 0.29) is 10.7 Å². The molecule has 0 amide bonds. The van der Waals surface area contributed by atoms with E-state index in [4.69, 9.17) is 11.6 Å². The first kappa shape index (κ1) is 13.6. The van der Waals surface area contributed by atoms with Crippen LogP contribution in [0.4, 0.5) is 10.1 Å². The summed E-state index contributed by atoms with van der Waals surface area (Å²) in [5.74, 6) is -0.475. The number of nitro groups is 1. The van der Waals surface area contributed by atoms with Gasteiger partial charge in [0.1, 0.15) is 5.82 Å². The first-order valence-corrected chi connectivity index (χ1v) is 6.60. The number of nitro benzene ring substituents is 1. The van der Waals surface area contributed by atoms with E-state index in [0.29, 0.717) is 11.9 Å². The Hall–Kier alpha value is -2.40. The maximum absolute atomic E-state index is 13.5. The zero-order valence-electron chi connectivity index (χ0n) is 10.8. The van der Waals surface area contributed by atoms with Crippen LogP contribution in [0.3, 0.4) is 0 Å².